The van der Waals surface area contributed by atoms with Crippen LogP contribution in [-0.4, -0.2) is 25.4 Å². The number of hydrogen-bond donors (Lipinski definition) is 1. The normalized spacial score (nSPS) is 11.0. The smallest absolute Gasteiger partial charge is 0.281 e. The van der Waals surface area contributed by atoms with Gasteiger partial charge in [-0.15, -0.1) is 0 Å². The van der Waals surface area contributed by atoms with Crippen molar-refractivity contribution in [2.45, 2.75) is 11.9 Å². The first-order chi connectivity index (χ1) is 8.95. The Kier molecular flexibility index (Phi) is 3.27. The molecule has 0 bridgehead atoms. The molecule has 0 unspecified atom stereocenters. The monoisotopic (exact) mass is 276 g/mol. The molecule has 0 aliphatic carbocycles. The number of nitrogens with zero attached hydrogens (tertiary/aromatic N) is 3. The van der Waals surface area contributed by atoms with Gasteiger partial charge in [0.2, 0.25) is 0 Å². The molecule has 7 heteroatoms. The van der Waals surface area contributed by atoms with Crippen molar-refractivity contribution < 1.29 is 8.42 Å². The van der Waals surface area contributed by atoms with Gasteiger partial charge in [0.05, 0.1) is 23.5 Å². The van der Waals surface area contributed by atoms with E-state index in [-0.39, 0.29) is 5.03 Å². The van der Waals surface area contributed by atoms with Gasteiger partial charge in [0, 0.05) is 7.05 Å². The summed E-state index contributed by atoms with van der Waals surface area (Å²) in [5.74, 6) is 0.534. The second-order valence-corrected chi connectivity index (χ2v) is 5.90. The summed E-state index contributed by atoms with van der Waals surface area (Å²) in [4.78, 5) is 6.58. The fourth-order valence-electron chi connectivity index (χ4n) is 1.56. The third-order valence-corrected chi connectivity index (χ3v) is 4.37. The fraction of sp³-hybridized carbons (Fsp3) is 0.167. The average molecular weight is 276 g/mol. The molecule has 2 rings (SSSR count). The first kappa shape index (κ1) is 13.1. The number of rotatable bonds is 3. The minimum Gasteiger partial charge on any atom is -0.332 e. The van der Waals surface area contributed by atoms with Gasteiger partial charge < -0.3 is 4.98 Å². The van der Waals surface area contributed by atoms with E-state index in [1.807, 2.05) is 6.07 Å². The number of anilines is 1. The highest BCUT2D eigenvalue weighted by molar-refractivity contribution is 7.92. The number of aryl methyl sites for hydroxylation is 1. The second-order valence-electron chi connectivity index (χ2n) is 3.96. The number of imidazole rings is 1. The number of H-pyrrole nitrogens is 1. The lowest BCUT2D eigenvalue weighted by Crippen LogP contribution is -2.26. The Labute approximate surface area is 111 Å². The maximum atomic E-state index is 12.3. The van der Waals surface area contributed by atoms with E-state index in [0.29, 0.717) is 17.1 Å². The summed E-state index contributed by atoms with van der Waals surface area (Å²) >= 11 is 0. The molecule has 19 heavy (non-hydrogen) atoms. The summed E-state index contributed by atoms with van der Waals surface area (Å²) < 4.78 is 25.7. The Morgan fingerprint density at radius 3 is 2.42 bits per heavy atom. The first-order valence-corrected chi connectivity index (χ1v) is 6.90. The number of benzene rings is 1. The van der Waals surface area contributed by atoms with Crippen LogP contribution in [0.5, 0.6) is 0 Å². The molecule has 0 radical (unpaired) electrons. The molecule has 0 aliphatic rings. The fourth-order valence-corrected chi connectivity index (χ4v) is 2.72. The maximum absolute atomic E-state index is 12.3. The summed E-state index contributed by atoms with van der Waals surface area (Å²) in [7, 11) is -2.21. The Balaban J connectivity index is 2.37. The van der Waals surface area contributed by atoms with Crippen LogP contribution >= 0.6 is 0 Å². The van der Waals surface area contributed by atoms with Crippen molar-refractivity contribution in [3.05, 3.63) is 41.9 Å². The molecule has 1 N–H and O–H groups in total. The van der Waals surface area contributed by atoms with Gasteiger partial charge in [-0.05, 0) is 31.2 Å². The summed E-state index contributed by atoms with van der Waals surface area (Å²) in [5, 5.41) is 8.75. The zero-order valence-electron chi connectivity index (χ0n) is 10.5. The van der Waals surface area contributed by atoms with E-state index >= 15 is 0 Å². The van der Waals surface area contributed by atoms with E-state index < -0.39 is 10.0 Å². The Hall–Kier alpha value is -2.33. The molecule has 2 aromatic rings. The van der Waals surface area contributed by atoms with Crippen molar-refractivity contribution in [1.29, 1.82) is 5.26 Å². The van der Waals surface area contributed by atoms with Crippen LogP contribution in [0.4, 0.5) is 5.69 Å². The van der Waals surface area contributed by atoms with Crippen molar-refractivity contribution in [2.75, 3.05) is 11.4 Å². The molecule has 6 nitrogen and oxygen atoms in total. The van der Waals surface area contributed by atoms with Crippen LogP contribution in [0.2, 0.25) is 0 Å². The zero-order chi connectivity index (χ0) is 14.0. The van der Waals surface area contributed by atoms with E-state index in [9.17, 15) is 8.42 Å². The molecular weight excluding hydrogens is 264 g/mol. The third kappa shape index (κ3) is 2.44. The molecule has 0 amide bonds. The molecule has 0 saturated carbocycles. The van der Waals surface area contributed by atoms with Crippen LogP contribution in [0.3, 0.4) is 0 Å². The molecule has 0 fully saturated rings. The average Bonchev–Trinajstić information content (AvgIpc) is 2.85. The van der Waals surface area contributed by atoms with E-state index in [0.717, 1.165) is 4.31 Å². The SMILES string of the molecule is Cc1ncc(S(=O)(=O)N(C)c2ccc(C#N)cc2)[nH]1. The molecule has 0 saturated heterocycles. The van der Waals surface area contributed by atoms with Crippen molar-refractivity contribution in [3.8, 4) is 6.07 Å². The standard InChI is InChI=1S/C12H12N4O2S/c1-9-14-8-12(15-9)19(17,18)16(2)11-5-3-10(7-13)4-6-11/h3-6,8H,1-2H3,(H,14,15). The lowest BCUT2D eigenvalue weighted by molar-refractivity contribution is 0.591. The van der Waals surface area contributed by atoms with Gasteiger partial charge in [-0.25, -0.2) is 4.98 Å². The van der Waals surface area contributed by atoms with Crippen molar-refractivity contribution in [3.63, 3.8) is 0 Å². The molecule has 1 heterocycles. The van der Waals surface area contributed by atoms with E-state index in [1.165, 1.54) is 13.2 Å². The highest BCUT2D eigenvalue weighted by atomic mass is 32.2. The maximum Gasteiger partial charge on any atom is 0.281 e. The van der Waals surface area contributed by atoms with Crippen LogP contribution < -0.4 is 4.31 Å². The summed E-state index contributed by atoms with van der Waals surface area (Å²) in [6.45, 7) is 1.68. The first-order valence-electron chi connectivity index (χ1n) is 5.46. The van der Waals surface area contributed by atoms with Gasteiger partial charge in [-0.1, -0.05) is 0 Å². The Morgan fingerprint density at radius 2 is 1.95 bits per heavy atom. The Morgan fingerprint density at radius 1 is 1.32 bits per heavy atom. The molecule has 98 valence electrons. The summed E-state index contributed by atoms with van der Waals surface area (Å²) in [6, 6.07) is 8.29. The van der Waals surface area contributed by atoms with Gasteiger partial charge in [-0.3, -0.25) is 4.31 Å². The van der Waals surface area contributed by atoms with Crippen molar-refractivity contribution >= 4 is 15.7 Å². The van der Waals surface area contributed by atoms with E-state index in [4.69, 9.17) is 5.26 Å². The summed E-state index contributed by atoms with van der Waals surface area (Å²) in [5.41, 5.74) is 0.957. The number of hydrogen-bond acceptors (Lipinski definition) is 4. The van der Waals surface area contributed by atoms with E-state index in [2.05, 4.69) is 9.97 Å². The van der Waals surface area contributed by atoms with Crippen LogP contribution in [0, 0.1) is 18.3 Å². The van der Waals surface area contributed by atoms with Gasteiger partial charge in [0.25, 0.3) is 10.0 Å². The molecule has 0 atom stereocenters. The Bertz CT molecular complexity index is 726. The van der Waals surface area contributed by atoms with Gasteiger partial charge in [0.15, 0.2) is 5.03 Å². The largest absolute Gasteiger partial charge is 0.332 e. The van der Waals surface area contributed by atoms with Crippen LogP contribution in [-0.2, 0) is 10.0 Å². The minimum atomic E-state index is -3.66. The number of sulfonamides is 1. The number of nitrogens with one attached hydrogen (secondary N) is 1. The molecule has 1 aromatic heterocycles. The van der Waals surface area contributed by atoms with Crippen molar-refractivity contribution in [2.24, 2.45) is 0 Å². The van der Waals surface area contributed by atoms with Crippen LogP contribution in [0.1, 0.15) is 11.4 Å². The highest BCUT2D eigenvalue weighted by Gasteiger charge is 2.23. The molecule has 0 aliphatic heterocycles. The highest BCUT2D eigenvalue weighted by Crippen LogP contribution is 2.21. The number of aromatic nitrogens is 2. The second kappa shape index (κ2) is 4.74. The summed E-state index contributed by atoms with van der Waals surface area (Å²) in [6.07, 6.45) is 1.28. The molecular formula is C12H12N4O2S. The van der Waals surface area contributed by atoms with Gasteiger partial charge in [0.1, 0.15) is 5.82 Å². The molecule has 1 aromatic carbocycles. The van der Waals surface area contributed by atoms with Gasteiger partial charge in [-0.2, -0.15) is 13.7 Å². The predicted octanol–water partition coefficient (Wildman–Crippen LogP) is 1.41. The zero-order valence-corrected chi connectivity index (χ0v) is 11.3. The quantitative estimate of drug-likeness (QED) is 0.917. The van der Waals surface area contributed by atoms with Gasteiger partial charge >= 0.3 is 0 Å². The third-order valence-electron chi connectivity index (χ3n) is 2.68. The predicted molar refractivity (Wildman–Crippen MR) is 70.1 cm³/mol. The minimum absolute atomic E-state index is 0.0388. The number of nitriles is 1. The van der Waals surface area contributed by atoms with Crippen LogP contribution in [0.15, 0.2) is 35.5 Å². The van der Waals surface area contributed by atoms with E-state index in [1.54, 1.807) is 31.2 Å². The molecule has 0 spiro atoms. The van der Waals surface area contributed by atoms with Crippen LogP contribution in [0.25, 0.3) is 0 Å². The number of aromatic amines is 1. The van der Waals surface area contributed by atoms with Crippen molar-refractivity contribution in [1.82, 2.24) is 9.97 Å². The lowest BCUT2D eigenvalue weighted by atomic mass is 10.2. The lowest BCUT2D eigenvalue weighted by Gasteiger charge is -2.18. The topological polar surface area (TPSA) is 89.8 Å².